The van der Waals surface area contributed by atoms with Gasteiger partial charge in [0.25, 0.3) is 9.05 Å². The first-order valence-corrected chi connectivity index (χ1v) is 30.9. The number of benzene rings is 3. The van der Waals surface area contributed by atoms with Crippen LogP contribution in [0.3, 0.4) is 0 Å². The standard InChI is InChI=1S/C11H13BrO2.C8H7N.C6H4Cl2O2S.H11P9/c1-14-11(13)7-3-5-9-4-2-6-10(12)8-9;1-2-7-5-3-4-6-8(7)9;7-5-1-3-6(4-2-5)11(8,9)10;1-6-9(7(2)3)8(4)5/h2,4,6,8H,3,5,7H2,1H3;1,3-6H,9H2;1-4H;6H,1-5H2. The molecule has 5 nitrogen and oxygen atoms in total. The largest absolute Gasteiger partial charge is 0.469 e. The van der Waals surface area contributed by atoms with Crippen molar-refractivity contribution in [3.63, 3.8) is 0 Å². The van der Waals surface area contributed by atoms with E-state index in [1.165, 1.54) is 36.9 Å². The van der Waals surface area contributed by atoms with Crippen molar-refractivity contribution in [3.8, 4) is 12.3 Å². The molecule has 0 aliphatic carbocycles. The summed E-state index contributed by atoms with van der Waals surface area (Å²) < 4.78 is 27.0. The molecule has 0 amide bonds. The lowest BCUT2D eigenvalue weighted by atomic mass is 10.1. The summed E-state index contributed by atoms with van der Waals surface area (Å²) in [5.41, 5.74) is 8.16. The number of aryl methyl sites for hydroxylation is 1. The molecule has 3 aromatic rings. The van der Waals surface area contributed by atoms with Gasteiger partial charge in [-0.25, -0.2) is 8.42 Å². The van der Waals surface area contributed by atoms with Gasteiger partial charge in [-0.15, -0.1) is 51.1 Å². The molecule has 6 unspecified atom stereocenters. The van der Waals surface area contributed by atoms with Crippen molar-refractivity contribution < 1.29 is 17.9 Å². The SMILES string of the molecule is C#Cc1ccccc1N.COC(=O)CCCc1cccc(Br)c1.O=S(=O)(Cl)c1ccc(Cl)cc1.PPP(P(P)P)P(P)P. The lowest BCUT2D eigenvalue weighted by molar-refractivity contribution is -0.140. The first kappa shape index (κ1) is 44.4. The van der Waals surface area contributed by atoms with Crippen LogP contribution in [0.25, 0.3) is 0 Å². The summed E-state index contributed by atoms with van der Waals surface area (Å²) in [4.78, 5) is 10.9. The van der Waals surface area contributed by atoms with E-state index in [9.17, 15) is 13.2 Å². The minimum Gasteiger partial charge on any atom is -0.469 e. The van der Waals surface area contributed by atoms with Gasteiger partial charge in [-0.1, -0.05) is 65.7 Å². The molecule has 0 aliphatic rings. The van der Waals surface area contributed by atoms with E-state index >= 15 is 0 Å². The number of esters is 1. The third-order valence-electron chi connectivity index (χ3n) is 4.73. The number of carbonyl (C=O) groups excluding carboxylic acids is 1. The van der Waals surface area contributed by atoms with Gasteiger partial charge in [0.05, 0.1) is 12.0 Å². The van der Waals surface area contributed by atoms with Crippen LogP contribution in [-0.2, 0) is 25.0 Å². The average molecular weight is 875 g/mol. The monoisotopic (exact) mass is 873 g/mol. The van der Waals surface area contributed by atoms with E-state index < -0.39 is 9.05 Å². The van der Waals surface area contributed by atoms with Crippen molar-refractivity contribution in [1.29, 1.82) is 0 Å². The second kappa shape index (κ2) is 25.4. The predicted octanol–water partition coefficient (Wildman–Crippen LogP) is 11.3. The van der Waals surface area contributed by atoms with Gasteiger partial charge in [-0.05, 0) is 87.9 Å². The highest BCUT2D eigenvalue weighted by Crippen LogP contribution is 3.04. The summed E-state index contributed by atoms with van der Waals surface area (Å²) in [6.07, 6.45) is 7.36. The third kappa shape index (κ3) is 21.8. The van der Waals surface area contributed by atoms with Gasteiger partial charge < -0.3 is 10.5 Å². The van der Waals surface area contributed by atoms with Crippen molar-refractivity contribution in [1.82, 2.24) is 0 Å². The van der Waals surface area contributed by atoms with E-state index in [0.717, 1.165) is 30.8 Å². The number of hydrogen-bond donors (Lipinski definition) is 1. The van der Waals surface area contributed by atoms with Crippen LogP contribution in [0.5, 0.6) is 0 Å². The molecule has 0 spiro atoms. The maximum absolute atomic E-state index is 10.8. The van der Waals surface area contributed by atoms with Crippen molar-refractivity contribution in [2.24, 2.45) is 0 Å². The number of nitrogen functional groups attached to an aromatic ring is 1. The summed E-state index contributed by atoms with van der Waals surface area (Å²) in [5.74, 6) is 2.33. The Kier molecular flexibility index (Phi) is 26.2. The van der Waals surface area contributed by atoms with Crippen LogP contribution in [0.15, 0.2) is 82.2 Å². The number of anilines is 1. The molecule has 236 valence electrons. The van der Waals surface area contributed by atoms with Gasteiger partial charge in [0.1, 0.15) is 0 Å². The number of para-hydroxylation sites is 1. The molecule has 0 radical (unpaired) electrons. The van der Waals surface area contributed by atoms with E-state index in [1.807, 2.05) is 30.3 Å². The molecule has 0 fully saturated rings. The van der Waals surface area contributed by atoms with Crippen molar-refractivity contribution in [3.05, 3.63) is 93.4 Å². The highest BCUT2D eigenvalue weighted by molar-refractivity contribution is 9.11. The van der Waals surface area contributed by atoms with E-state index in [-0.39, 0.29) is 24.8 Å². The Labute approximate surface area is 291 Å². The Morgan fingerprint density at radius 3 is 2.02 bits per heavy atom. The number of nitrogens with two attached hydrogens (primary N) is 1. The lowest BCUT2D eigenvalue weighted by Gasteiger charge is -2.22. The second-order valence-electron chi connectivity index (χ2n) is 7.86. The van der Waals surface area contributed by atoms with Gasteiger partial charge in [0, 0.05) is 37.8 Å². The molecule has 0 heterocycles. The topological polar surface area (TPSA) is 86.5 Å². The van der Waals surface area contributed by atoms with Crippen LogP contribution in [0.2, 0.25) is 5.02 Å². The number of methoxy groups -OCH3 is 1. The van der Waals surface area contributed by atoms with Gasteiger partial charge in [-0.3, -0.25) is 4.79 Å². The second-order valence-corrected chi connectivity index (χ2v) is 42.4. The van der Waals surface area contributed by atoms with Gasteiger partial charge in [0.2, 0.25) is 0 Å². The number of ether oxygens (including phenoxy) is 1. The smallest absolute Gasteiger partial charge is 0.305 e. The Balaban J connectivity index is 0.000000557. The molecule has 3 rings (SSSR count). The zero-order chi connectivity index (χ0) is 33.0. The van der Waals surface area contributed by atoms with E-state index in [4.69, 9.17) is 34.4 Å². The number of terminal acetylenes is 1. The minimum atomic E-state index is -3.61. The van der Waals surface area contributed by atoms with E-state index in [2.05, 4.69) is 83.4 Å². The highest BCUT2D eigenvalue weighted by Gasteiger charge is 2.14. The first-order valence-electron chi connectivity index (χ1n) is 11.8. The third-order valence-corrected chi connectivity index (χ3v) is 51.1. The number of hydrogen-bond acceptors (Lipinski definition) is 5. The van der Waals surface area contributed by atoms with Crippen LogP contribution in [-0.4, -0.2) is 21.5 Å². The van der Waals surface area contributed by atoms with Gasteiger partial charge in [0.15, 0.2) is 0 Å². The number of carbonyl (C=O) groups is 1. The fourth-order valence-electron chi connectivity index (χ4n) is 2.71. The Morgan fingerprint density at radius 2 is 1.63 bits per heavy atom. The maximum Gasteiger partial charge on any atom is 0.305 e. The lowest BCUT2D eigenvalue weighted by Crippen LogP contribution is -2.00. The Bertz CT molecular complexity index is 1390. The quantitative estimate of drug-likeness (QED) is 0.0801. The zero-order valence-corrected chi connectivity index (χ0v) is 36.5. The molecule has 2 N–H and O–H groups in total. The number of halogens is 3. The fraction of sp³-hybridized carbons (Fsp3) is 0.160. The normalized spacial score (nSPS) is 10.7. The van der Waals surface area contributed by atoms with E-state index in [1.54, 1.807) is 6.07 Å². The molecule has 0 saturated carbocycles. The molecular weight excluding hydrogens is 840 g/mol. The van der Waals surface area contributed by atoms with Crippen LogP contribution < -0.4 is 5.73 Å². The van der Waals surface area contributed by atoms with Gasteiger partial charge >= 0.3 is 5.97 Å². The summed E-state index contributed by atoms with van der Waals surface area (Å²) in [5, 5.41) is 0.481. The van der Waals surface area contributed by atoms with Crippen LogP contribution in [0, 0.1) is 12.3 Å². The predicted molar refractivity (Wildman–Crippen MR) is 220 cm³/mol. The molecule has 6 atom stereocenters. The highest BCUT2D eigenvalue weighted by atomic mass is 79.9. The minimum absolute atomic E-state index is 0.0589. The molecular formula is C25H35BrCl2NO4P9S. The Morgan fingerprint density at radius 1 is 1.05 bits per heavy atom. The molecule has 0 bridgehead atoms. The van der Waals surface area contributed by atoms with Gasteiger partial charge in [-0.2, -0.15) is 0 Å². The average Bonchev–Trinajstić information content (AvgIpc) is 2.94. The summed E-state index contributed by atoms with van der Waals surface area (Å²) in [6.45, 7) is 0.642. The molecule has 3 aromatic carbocycles. The summed E-state index contributed by atoms with van der Waals surface area (Å²) in [7, 11) is 18.5. The van der Waals surface area contributed by atoms with Crippen LogP contribution >= 0.6 is 112 Å². The zero-order valence-electron chi connectivity index (χ0n) is 23.1. The maximum atomic E-state index is 10.8. The Hall–Kier alpha value is 1.37. The van der Waals surface area contributed by atoms with Crippen LogP contribution in [0.4, 0.5) is 5.69 Å². The van der Waals surface area contributed by atoms with E-state index in [0.29, 0.717) is 24.1 Å². The summed E-state index contributed by atoms with van der Waals surface area (Å²) in [6, 6.07) is 21.1. The first-order chi connectivity index (χ1) is 20.2. The van der Waals surface area contributed by atoms with Crippen LogP contribution in [0.1, 0.15) is 24.0 Å². The van der Waals surface area contributed by atoms with Crippen molar-refractivity contribution in [2.45, 2.75) is 24.2 Å². The molecule has 18 heteroatoms. The molecule has 0 aliphatic heterocycles. The van der Waals surface area contributed by atoms with Crippen molar-refractivity contribution in [2.75, 3.05) is 12.8 Å². The number of rotatable bonds is 8. The molecule has 43 heavy (non-hydrogen) atoms. The fourth-order valence-corrected chi connectivity index (χ4v) is 65.2. The molecule has 0 aromatic heterocycles. The molecule has 0 saturated heterocycles. The summed E-state index contributed by atoms with van der Waals surface area (Å²) >= 11 is 8.93. The van der Waals surface area contributed by atoms with Crippen molar-refractivity contribution >= 4 is 132 Å².